The van der Waals surface area contributed by atoms with E-state index in [2.05, 4.69) is 21.2 Å². The molecule has 0 radical (unpaired) electrons. The van der Waals surface area contributed by atoms with Crippen LogP contribution >= 0.6 is 39.1 Å². The zero-order chi connectivity index (χ0) is 23.3. The van der Waals surface area contributed by atoms with Crippen molar-refractivity contribution < 1.29 is 9.53 Å². The first-order valence-corrected chi connectivity index (χ1v) is 11.2. The summed E-state index contributed by atoms with van der Waals surface area (Å²) < 4.78 is 6.53. The van der Waals surface area contributed by atoms with Crippen LogP contribution in [0.1, 0.15) is 22.3 Å². The van der Waals surface area contributed by atoms with Gasteiger partial charge in [0.2, 0.25) is 0 Å². The Morgan fingerprint density at radius 1 is 1.06 bits per heavy atom. The fourth-order valence-electron chi connectivity index (χ4n) is 2.85. The summed E-state index contributed by atoms with van der Waals surface area (Å²) in [7, 11) is 0. The van der Waals surface area contributed by atoms with E-state index >= 15 is 0 Å². The van der Waals surface area contributed by atoms with Crippen LogP contribution in [-0.4, -0.2) is 5.91 Å². The lowest BCUT2D eigenvalue weighted by Gasteiger charge is -2.10. The highest BCUT2D eigenvalue weighted by Crippen LogP contribution is 2.29. The number of hydrogen-bond acceptors (Lipinski definition) is 3. The van der Waals surface area contributed by atoms with Gasteiger partial charge in [0.05, 0.1) is 14.5 Å². The molecule has 0 spiro atoms. The largest absolute Gasteiger partial charge is 0.488 e. The molecule has 162 valence electrons. The fraction of sp³-hybridized carbons (Fsp3) is 0.120. The maximum absolute atomic E-state index is 12.5. The van der Waals surface area contributed by atoms with Crippen molar-refractivity contribution in [1.29, 1.82) is 5.26 Å². The molecule has 0 aliphatic heterocycles. The second kappa shape index (κ2) is 10.7. The second-order valence-corrected chi connectivity index (χ2v) is 8.82. The third kappa shape index (κ3) is 6.14. The molecule has 4 nitrogen and oxygen atoms in total. The molecule has 0 saturated carbocycles. The van der Waals surface area contributed by atoms with Crippen LogP contribution in [-0.2, 0) is 11.4 Å². The molecule has 32 heavy (non-hydrogen) atoms. The average Bonchev–Trinajstić information content (AvgIpc) is 2.76. The Kier molecular flexibility index (Phi) is 7.98. The van der Waals surface area contributed by atoms with Crippen LogP contribution in [0.2, 0.25) is 10.0 Å². The number of anilines is 1. The molecule has 0 bridgehead atoms. The van der Waals surface area contributed by atoms with E-state index in [1.807, 2.05) is 44.2 Å². The molecular weight excluding hydrogens is 511 g/mol. The number of hydrogen-bond donors (Lipinski definition) is 1. The molecule has 0 unspecified atom stereocenters. The molecule has 0 atom stereocenters. The van der Waals surface area contributed by atoms with Crippen LogP contribution in [0.3, 0.4) is 0 Å². The highest BCUT2D eigenvalue weighted by Gasteiger charge is 2.11. The third-order valence-electron chi connectivity index (χ3n) is 4.78. The molecule has 7 heteroatoms. The van der Waals surface area contributed by atoms with Gasteiger partial charge in [-0.25, -0.2) is 0 Å². The third-order valence-corrected chi connectivity index (χ3v) is 6.13. The summed E-state index contributed by atoms with van der Waals surface area (Å²) in [4.78, 5) is 12.5. The summed E-state index contributed by atoms with van der Waals surface area (Å²) in [6.07, 6.45) is 1.53. The maximum atomic E-state index is 12.5. The zero-order valence-electron chi connectivity index (χ0n) is 17.4. The quantitative estimate of drug-likeness (QED) is 0.265. The first-order chi connectivity index (χ1) is 15.3. The molecule has 1 N–H and O–H groups in total. The number of nitriles is 1. The number of halogens is 3. The van der Waals surface area contributed by atoms with Crippen molar-refractivity contribution in [3.05, 3.63) is 96.9 Å². The molecule has 3 rings (SSSR count). The number of aryl methyl sites for hydroxylation is 2. The minimum absolute atomic E-state index is 0.000368. The van der Waals surface area contributed by atoms with Gasteiger partial charge >= 0.3 is 0 Å². The summed E-state index contributed by atoms with van der Waals surface area (Å²) in [5.74, 6) is 0.151. The van der Waals surface area contributed by atoms with E-state index in [-0.39, 0.29) is 5.57 Å². The van der Waals surface area contributed by atoms with Gasteiger partial charge < -0.3 is 10.1 Å². The van der Waals surface area contributed by atoms with Gasteiger partial charge in [0, 0.05) is 5.69 Å². The Labute approximate surface area is 205 Å². The maximum Gasteiger partial charge on any atom is 0.266 e. The van der Waals surface area contributed by atoms with Crippen LogP contribution in [0, 0.1) is 25.2 Å². The summed E-state index contributed by atoms with van der Waals surface area (Å²) >= 11 is 15.5. The topological polar surface area (TPSA) is 62.1 Å². The minimum Gasteiger partial charge on any atom is -0.488 e. The van der Waals surface area contributed by atoms with Gasteiger partial charge in [-0.15, -0.1) is 0 Å². The van der Waals surface area contributed by atoms with Crippen molar-refractivity contribution >= 4 is 56.8 Å². The monoisotopic (exact) mass is 528 g/mol. The summed E-state index contributed by atoms with van der Waals surface area (Å²) in [5.41, 5.74) is 4.40. The van der Waals surface area contributed by atoms with Gasteiger partial charge in [-0.1, -0.05) is 41.4 Å². The van der Waals surface area contributed by atoms with E-state index in [4.69, 9.17) is 27.9 Å². The van der Waals surface area contributed by atoms with E-state index < -0.39 is 5.91 Å². The first kappa shape index (κ1) is 23.9. The lowest BCUT2D eigenvalue weighted by atomic mass is 10.1. The van der Waals surface area contributed by atoms with Crippen LogP contribution in [0.5, 0.6) is 5.75 Å². The van der Waals surface area contributed by atoms with E-state index in [1.54, 1.807) is 30.3 Å². The molecule has 0 fully saturated rings. The Balaban J connectivity index is 1.71. The van der Waals surface area contributed by atoms with Crippen molar-refractivity contribution in [2.75, 3.05) is 5.32 Å². The summed E-state index contributed by atoms with van der Waals surface area (Å²) in [6, 6.07) is 18.2. The predicted octanol–water partition coefficient (Wildman–Crippen LogP) is 7.50. The molecule has 0 heterocycles. The van der Waals surface area contributed by atoms with Crippen molar-refractivity contribution in [3.63, 3.8) is 0 Å². The van der Waals surface area contributed by atoms with Crippen molar-refractivity contribution in [2.45, 2.75) is 20.5 Å². The van der Waals surface area contributed by atoms with Crippen molar-refractivity contribution in [1.82, 2.24) is 0 Å². The van der Waals surface area contributed by atoms with Gasteiger partial charge in [0.1, 0.15) is 24.0 Å². The Bertz CT molecular complexity index is 1250. The number of carbonyl (C=O) groups excluding carboxylic acids is 1. The second-order valence-electron chi connectivity index (χ2n) is 7.15. The molecule has 0 aromatic heterocycles. The molecule has 0 aliphatic carbocycles. The smallest absolute Gasteiger partial charge is 0.266 e. The summed E-state index contributed by atoms with van der Waals surface area (Å²) in [5, 5.41) is 13.2. The first-order valence-electron chi connectivity index (χ1n) is 9.63. The number of amides is 1. The van der Waals surface area contributed by atoms with Crippen LogP contribution in [0.15, 0.2) is 64.6 Å². The number of benzene rings is 3. The fourth-order valence-corrected chi connectivity index (χ4v) is 3.68. The number of carbonyl (C=O) groups is 1. The number of ether oxygens (including phenoxy) is 1. The lowest BCUT2D eigenvalue weighted by Crippen LogP contribution is -2.13. The molecule has 3 aromatic carbocycles. The Morgan fingerprint density at radius 2 is 1.84 bits per heavy atom. The molecular formula is C25H19BrCl2N2O2. The number of nitrogens with one attached hydrogen (secondary N) is 1. The van der Waals surface area contributed by atoms with Crippen LogP contribution in [0.25, 0.3) is 6.08 Å². The van der Waals surface area contributed by atoms with Crippen LogP contribution < -0.4 is 10.1 Å². The van der Waals surface area contributed by atoms with E-state index in [0.29, 0.717) is 38.1 Å². The normalized spacial score (nSPS) is 11.1. The van der Waals surface area contributed by atoms with Gasteiger partial charge in [-0.05, 0) is 94.5 Å². The standard InChI is InChI=1S/C25H19BrCl2N2O2/c1-15-3-6-20(9-16(15)2)30-25(31)19(13-29)10-17-5-8-24(21(26)11-17)32-14-18-4-7-22(27)23(28)12-18/h3-12H,14H2,1-2H3,(H,30,31)/b19-10+. The molecule has 3 aromatic rings. The Morgan fingerprint density at radius 3 is 2.50 bits per heavy atom. The summed E-state index contributed by atoms with van der Waals surface area (Å²) in [6.45, 7) is 4.28. The SMILES string of the molecule is Cc1ccc(NC(=O)/C(C#N)=C/c2ccc(OCc3ccc(Cl)c(Cl)c3)c(Br)c2)cc1C. The van der Waals surface area contributed by atoms with Gasteiger partial charge in [0.15, 0.2) is 0 Å². The number of nitrogens with zero attached hydrogens (tertiary/aromatic N) is 1. The van der Waals surface area contributed by atoms with E-state index in [1.165, 1.54) is 6.08 Å². The highest BCUT2D eigenvalue weighted by molar-refractivity contribution is 9.10. The average molecular weight is 530 g/mol. The molecule has 0 saturated heterocycles. The van der Waals surface area contributed by atoms with Gasteiger partial charge in [-0.3, -0.25) is 4.79 Å². The van der Waals surface area contributed by atoms with Crippen molar-refractivity contribution in [2.24, 2.45) is 0 Å². The van der Waals surface area contributed by atoms with E-state index in [9.17, 15) is 10.1 Å². The highest BCUT2D eigenvalue weighted by atomic mass is 79.9. The number of rotatable bonds is 6. The van der Waals surface area contributed by atoms with E-state index in [0.717, 1.165) is 16.7 Å². The van der Waals surface area contributed by atoms with Crippen molar-refractivity contribution in [3.8, 4) is 11.8 Å². The predicted molar refractivity (Wildman–Crippen MR) is 133 cm³/mol. The molecule has 1 amide bonds. The van der Waals surface area contributed by atoms with Crippen LogP contribution in [0.4, 0.5) is 5.69 Å². The van der Waals surface area contributed by atoms with Gasteiger partial charge in [0.25, 0.3) is 5.91 Å². The molecule has 0 aliphatic rings. The minimum atomic E-state index is -0.466. The van der Waals surface area contributed by atoms with Gasteiger partial charge in [-0.2, -0.15) is 5.26 Å². The Hall–Kier alpha value is -2.78. The zero-order valence-corrected chi connectivity index (χ0v) is 20.5. The lowest BCUT2D eigenvalue weighted by molar-refractivity contribution is -0.112.